The highest BCUT2D eigenvalue weighted by Gasteiger charge is 2.11. The zero-order chi connectivity index (χ0) is 15.8. The summed E-state index contributed by atoms with van der Waals surface area (Å²) in [6.07, 6.45) is 0.870. The van der Waals surface area contributed by atoms with Crippen molar-refractivity contribution in [3.63, 3.8) is 0 Å². The maximum atomic E-state index is 11.9. The lowest BCUT2D eigenvalue weighted by atomic mass is 10.2. The van der Waals surface area contributed by atoms with Gasteiger partial charge >= 0.3 is 12.0 Å². The Bertz CT molecular complexity index is 511. The molecule has 1 rings (SSSR count). The minimum Gasteiger partial charge on any atom is -0.478 e. The number of carboxylic acid groups (broad SMARTS) is 1. The number of halogens is 1. The number of nitrogens with one attached hydrogen (secondary N) is 2. The van der Waals surface area contributed by atoms with Gasteiger partial charge in [0, 0.05) is 6.04 Å². The minimum atomic E-state index is -1.07. The summed E-state index contributed by atoms with van der Waals surface area (Å²) in [5.41, 5.74) is 0.353. The molecule has 0 aliphatic carbocycles. The molecule has 3 N–H and O–H groups in total. The van der Waals surface area contributed by atoms with E-state index in [1.807, 2.05) is 18.7 Å². The van der Waals surface area contributed by atoms with Gasteiger partial charge in [-0.3, -0.25) is 0 Å². The molecule has 21 heavy (non-hydrogen) atoms. The average molecular weight is 331 g/mol. The molecule has 0 heterocycles. The van der Waals surface area contributed by atoms with Crippen LogP contribution in [-0.4, -0.2) is 34.7 Å². The fourth-order valence-corrected chi connectivity index (χ4v) is 2.59. The third-order valence-electron chi connectivity index (χ3n) is 2.74. The Kier molecular flexibility index (Phi) is 7.39. The lowest BCUT2D eigenvalue weighted by molar-refractivity contribution is 0.0697. The first-order valence-electron chi connectivity index (χ1n) is 6.62. The van der Waals surface area contributed by atoms with Crippen molar-refractivity contribution >= 4 is 41.1 Å². The number of rotatable bonds is 7. The Morgan fingerprint density at radius 2 is 2.14 bits per heavy atom. The van der Waals surface area contributed by atoms with Gasteiger partial charge in [0.05, 0.1) is 16.3 Å². The number of benzene rings is 1. The molecule has 0 bridgehead atoms. The molecule has 116 valence electrons. The molecule has 0 radical (unpaired) electrons. The SMILES string of the molecule is CCSCCC(C)NC(=O)Nc1cc(C(=O)O)ccc1Cl. The molecule has 1 unspecified atom stereocenters. The van der Waals surface area contributed by atoms with E-state index in [-0.39, 0.29) is 17.3 Å². The van der Waals surface area contributed by atoms with E-state index in [9.17, 15) is 9.59 Å². The number of carboxylic acids is 1. The molecule has 0 spiro atoms. The summed E-state index contributed by atoms with van der Waals surface area (Å²) in [4.78, 5) is 22.8. The third-order valence-corrected chi connectivity index (χ3v) is 4.00. The Balaban J connectivity index is 2.58. The van der Waals surface area contributed by atoms with Gasteiger partial charge in [0.15, 0.2) is 0 Å². The van der Waals surface area contributed by atoms with E-state index in [0.717, 1.165) is 17.9 Å². The Hall–Kier alpha value is -1.40. The maximum Gasteiger partial charge on any atom is 0.335 e. The second kappa shape index (κ2) is 8.79. The number of aromatic carboxylic acids is 1. The van der Waals surface area contributed by atoms with Gasteiger partial charge in [-0.05, 0) is 43.0 Å². The monoisotopic (exact) mass is 330 g/mol. The van der Waals surface area contributed by atoms with Gasteiger partial charge in [0.1, 0.15) is 0 Å². The molecule has 1 atom stereocenters. The van der Waals surface area contributed by atoms with Crippen LogP contribution in [0.15, 0.2) is 18.2 Å². The van der Waals surface area contributed by atoms with Gasteiger partial charge in [-0.2, -0.15) is 11.8 Å². The molecule has 0 saturated carbocycles. The second-order valence-electron chi connectivity index (χ2n) is 4.48. The van der Waals surface area contributed by atoms with Crippen LogP contribution in [0, 0.1) is 0 Å². The zero-order valence-corrected chi connectivity index (χ0v) is 13.6. The molecule has 7 heteroatoms. The van der Waals surface area contributed by atoms with E-state index in [4.69, 9.17) is 16.7 Å². The normalized spacial score (nSPS) is 11.8. The van der Waals surface area contributed by atoms with Crippen molar-refractivity contribution in [1.29, 1.82) is 0 Å². The molecule has 0 fully saturated rings. The molecule has 0 aliphatic rings. The minimum absolute atomic E-state index is 0.0329. The highest BCUT2D eigenvalue weighted by Crippen LogP contribution is 2.23. The summed E-state index contributed by atoms with van der Waals surface area (Å²) in [5, 5.41) is 14.6. The maximum absolute atomic E-state index is 11.9. The zero-order valence-electron chi connectivity index (χ0n) is 12.0. The summed E-state index contributed by atoms with van der Waals surface area (Å²) in [6, 6.07) is 3.81. The number of hydrogen-bond acceptors (Lipinski definition) is 3. The highest BCUT2D eigenvalue weighted by atomic mass is 35.5. The number of amides is 2. The largest absolute Gasteiger partial charge is 0.478 e. The van der Waals surface area contributed by atoms with Crippen LogP contribution in [0.5, 0.6) is 0 Å². The van der Waals surface area contributed by atoms with Gasteiger partial charge in [-0.25, -0.2) is 9.59 Å². The predicted octanol–water partition coefficient (Wildman–Crippen LogP) is 3.69. The van der Waals surface area contributed by atoms with Crippen LogP contribution in [0.1, 0.15) is 30.6 Å². The molecular weight excluding hydrogens is 312 g/mol. The molecule has 1 aromatic rings. The number of urea groups is 1. The van der Waals surface area contributed by atoms with E-state index in [1.54, 1.807) is 0 Å². The molecule has 0 aliphatic heterocycles. The Morgan fingerprint density at radius 3 is 2.76 bits per heavy atom. The van der Waals surface area contributed by atoms with E-state index in [0.29, 0.717) is 5.02 Å². The summed E-state index contributed by atoms with van der Waals surface area (Å²) in [7, 11) is 0. The van der Waals surface area contributed by atoms with Crippen molar-refractivity contribution < 1.29 is 14.7 Å². The molecular formula is C14H19ClN2O3S. The smallest absolute Gasteiger partial charge is 0.335 e. The van der Waals surface area contributed by atoms with E-state index in [1.165, 1.54) is 18.2 Å². The number of carbonyl (C=O) groups excluding carboxylic acids is 1. The lowest BCUT2D eigenvalue weighted by Crippen LogP contribution is -2.36. The van der Waals surface area contributed by atoms with Crippen molar-refractivity contribution in [2.75, 3.05) is 16.8 Å². The van der Waals surface area contributed by atoms with Crippen molar-refractivity contribution in [2.45, 2.75) is 26.3 Å². The Morgan fingerprint density at radius 1 is 1.43 bits per heavy atom. The molecule has 0 saturated heterocycles. The van der Waals surface area contributed by atoms with Crippen molar-refractivity contribution in [2.24, 2.45) is 0 Å². The van der Waals surface area contributed by atoms with Gasteiger partial charge in [-0.15, -0.1) is 0 Å². The summed E-state index contributed by atoms with van der Waals surface area (Å²) < 4.78 is 0. The first-order chi connectivity index (χ1) is 9.93. The van der Waals surface area contributed by atoms with E-state index < -0.39 is 12.0 Å². The first kappa shape index (κ1) is 17.7. The number of hydrogen-bond donors (Lipinski definition) is 3. The molecule has 5 nitrogen and oxygen atoms in total. The van der Waals surface area contributed by atoms with Gasteiger partial charge in [-0.1, -0.05) is 18.5 Å². The van der Waals surface area contributed by atoms with Crippen LogP contribution < -0.4 is 10.6 Å². The summed E-state index contributed by atoms with van der Waals surface area (Å²) in [6.45, 7) is 4.01. The third kappa shape index (κ3) is 6.27. The fraction of sp³-hybridized carbons (Fsp3) is 0.429. The number of carbonyl (C=O) groups is 2. The average Bonchev–Trinajstić information content (AvgIpc) is 2.41. The molecule has 1 aromatic carbocycles. The highest BCUT2D eigenvalue weighted by molar-refractivity contribution is 7.99. The van der Waals surface area contributed by atoms with E-state index >= 15 is 0 Å². The van der Waals surface area contributed by atoms with Gasteiger partial charge in [0.2, 0.25) is 0 Å². The van der Waals surface area contributed by atoms with E-state index in [2.05, 4.69) is 17.6 Å². The van der Waals surface area contributed by atoms with Crippen LogP contribution in [0.3, 0.4) is 0 Å². The topological polar surface area (TPSA) is 78.4 Å². The Labute approximate surface area is 133 Å². The van der Waals surface area contributed by atoms with Crippen molar-refractivity contribution in [1.82, 2.24) is 5.32 Å². The predicted molar refractivity (Wildman–Crippen MR) is 87.6 cm³/mol. The fourth-order valence-electron chi connectivity index (χ4n) is 1.61. The van der Waals surface area contributed by atoms with Crippen LogP contribution in [0.4, 0.5) is 10.5 Å². The summed E-state index contributed by atoms with van der Waals surface area (Å²) >= 11 is 7.76. The number of anilines is 1. The summed E-state index contributed by atoms with van der Waals surface area (Å²) in [5.74, 6) is 0.962. The van der Waals surface area contributed by atoms with Gasteiger partial charge in [0.25, 0.3) is 0 Å². The molecule has 0 aromatic heterocycles. The molecule has 2 amide bonds. The first-order valence-corrected chi connectivity index (χ1v) is 8.15. The second-order valence-corrected chi connectivity index (χ2v) is 6.29. The van der Waals surface area contributed by atoms with Crippen LogP contribution >= 0.6 is 23.4 Å². The number of thioether (sulfide) groups is 1. The van der Waals surface area contributed by atoms with Crippen LogP contribution in [0.25, 0.3) is 0 Å². The lowest BCUT2D eigenvalue weighted by Gasteiger charge is -2.15. The van der Waals surface area contributed by atoms with Crippen LogP contribution in [-0.2, 0) is 0 Å². The van der Waals surface area contributed by atoms with Crippen LogP contribution in [0.2, 0.25) is 5.02 Å². The van der Waals surface area contributed by atoms with Crippen molar-refractivity contribution in [3.05, 3.63) is 28.8 Å². The van der Waals surface area contributed by atoms with Gasteiger partial charge < -0.3 is 15.7 Å². The van der Waals surface area contributed by atoms with Crippen molar-refractivity contribution in [3.8, 4) is 0 Å². The quantitative estimate of drug-likeness (QED) is 0.666. The standard InChI is InChI=1S/C14H19ClN2O3S/c1-3-21-7-6-9(2)16-14(20)17-12-8-10(13(18)19)4-5-11(12)15/h4-5,8-9H,3,6-7H2,1-2H3,(H,18,19)(H2,16,17,20).